The Morgan fingerprint density at radius 3 is 1.53 bits per heavy atom. The predicted molar refractivity (Wildman–Crippen MR) is 165 cm³/mol. The molecule has 0 aromatic heterocycles. The maximum absolute atomic E-state index is 12.2. The fraction of sp³-hybridized carbons (Fsp3) is 0.853. The lowest BCUT2D eigenvalue weighted by Crippen LogP contribution is -2.45. The molecule has 0 aromatic carbocycles. The minimum atomic E-state index is -0.854. The van der Waals surface area contributed by atoms with Crippen molar-refractivity contribution < 1.29 is 15.0 Å². The van der Waals surface area contributed by atoms with Crippen LogP contribution in [-0.2, 0) is 4.79 Å². The molecular formula is C34H65NO3. The van der Waals surface area contributed by atoms with Gasteiger partial charge in [-0.25, -0.2) is 0 Å². The molecule has 0 rings (SSSR count). The van der Waals surface area contributed by atoms with Gasteiger partial charge in [0, 0.05) is 6.42 Å². The molecule has 0 fully saturated rings. The second-order valence-electron chi connectivity index (χ2n) is 11.2. The molecule has 4 nitrogen and oxygen atoms in total. The number of aliphatic hydroxyl groups is 2. The Morgan fingerprint density at radius 2 is 1.03 bits per heavy atom. The lowest BCUT2D eigenvalue weighted by molar-refractivity contribution is -0.123. The van der Waals surface area contributed by atoms with Gasteiger partial charge in [0.2, 0.25) is 5.91 Å². The SMILES string of the molecule is CCCCCCCCCCC/C=C/CC/C=C/C(O)C(CO)NC(=O)CCCCCCCCCCCCC. The van der Waals surface area contributed by atoms with Gasteiger partial charge in [0.25, 0.3) is 0 Å². The Labute approximate surface area is 237 Å². The van der Waals surface area contributed by atoms with E-state index in [0.717, 1.165) is 32.1 Å². The highest BCUT2D eigenvalue weighted by molar-refractivity contribution is 5.76. The first-order chi connectivity index (χ1) is 18.7. The van der Waals surface area contributed by atoms with E-state index in [1.165, 1.54) is 116 Å². The van der Waals surface area contributed by atoms with Crippen molar-refractivity contribution in [2.75, 3.05) is 6.61 Å². The first-order valence-corrected chi connectivity index (χ1v) is 16.6. The van der Waals surface area contributed by atoms with Gasteiger partial charge in [-0.05, 0) is 32.1 Å². The van der Waals surface area contributed by atoms with Crippen LogP contribution >= 0.6 is 0 Å². The number of hydrogen-bond acceptors (Lipinski definition) is 3. The second kappa shape index (κ2) is 30.4. The van der Waals surface area contributed by atoms with Crippen LogP contribution in [0.1, 0.15) is 168 Å². The molecule has 0 aliphatic rings. The van der Waals surface area contributed by atoms with Crippen molar-refractivity contribution in [3.8, 4) is 0 Å². The average Bonchev–Trinajstić information content (AvgIpc) is 2.92. The highest BCUT2D eigenvalue weighted by atomic mass is 16.3. The maximum Gasteiger partial charge on any atom is 0.220 e. The number of amides is 1. The van der Waals surface area contributed by atoms with Gasteiger partial charge >= 0.3 is 0 Å². The molecule has 0 saturated heterocycles. The van der Waals surface area contributed by atoms with E-state index in [1.807, 2.05) is 6.08 Å². The molecule has 0 bridgehead atoms. The monoisotopic (exact) mass is 535 g/mol. The summed E-state index contributed by atoms with van der Waals surface area (Å²) in [6.07, 6.45) is 36.8. The lowest BCUT2D eigenvalue weighted by Gasteiger charge is -2.19. The van der Waals surface area contributed by atoms with Crippen LogP contribution in [0.25, 0.3) is 0 Å². The summed E-state index contributed by atoms with van der Waals surface area (Å²) in [4.78, 5) is 12.2. The van der Waals surface area contributed by atoms with Crippen molar-refractivity contribution in [3.05, 3.63) is 24.3 Å². The predicted octanol–water partition coefficient (Wildman–Crippen LogP) is 9.34. The zero-order chi connectivity index (χ0) is 27.9. The summed E-state index contributed by atoms with van der Waals surface area (Å²) >= 11 is 0. The molecule has 0 aromatic rings. The van der Waals surface area contributed by atoms with Gasteiger partial charge in [0.15, 0.2) is 0 Å². The topological polar surface area (TPSA) is 69.6 Å². The smallest absolute Gasteiger partial charge is 0.220 e. The quantitative estimate of drug-likeness (QED) is 0.0660. The second-order valence-corrected chi connectivity index (χ2v) is 11.2. The van der Waals surface area contributed by atoms with Gasteiger partial charge in [-0.15, -0.1) is 0 Å². The molecule has 0 aliphatic heterocycles. The van der Waals surface area contributed by atoms with Gasteiger partial charge in [-0.3, -0.25) is 4.79 Å². The highest BCUT2D eigenvalue weighted by Crippen LogP contribution is 2.13. The van der Waals surface area contributed by atoms with Crippen LogP contribution in [0.5, 0.6) is 0 Å². The van der Waals surface area contributed by atoms with E-state index >= 15 is 0 Å². The maximum atomic E-state index is 12.2. The number of carbonyl (C=O) groups excluding carboxylic acids is 1. The van der Waals surface area contributed by atoms with E-state index in [-0.39, 0.29) is 12.5 Å². The number of allylic oxidation sites excluding steroid dienone is 3. The summed E-state index contributed by atoms with van der Waals surface area (Å²) in [6, 6.07) is -0.631. The summed E-state index contributed by atoms with van der Waals surface area (Å²) in [7, 11) is 0. The van der Waals surface area contributed by atoms with Gasteiger partial charge in [0.1, 0.15) is 0 Å². The van der Waals surface area contributed by atoms with Crippen molar-refractivity contribution in [1.82, 2.24) is 5.32 Å². The van der Waals surface area contributed by atoms with Crippen LogP contribution in [0.2, 0.25) is 0 Å². The molecule has 0 aliphatic carbocycles. The van der Waals surface area contributed by atoms with E-state index in [9.17, 15) is 15.0 Å². The van der Waals surface area contributed by atoms with E-state index in [1.54, 1.807) is 6.08 Å². The molecule has 0 saturated carbocycles. The number of aliphatic hydroxyl groups excluding tert-OH is 2. The zero-order valence-electron chi connectivity index (χ0n) is 25.4. The molecule has 3 N–H and O–H groups in total. The standard InChI is InChI=1S/C34H65NO3/c1-3-5-7-9-11-13-15-16-17-18-20-21-23-25-27-29-33(37)32(31-36)35-34(38)30-28-26-24-22-19-14-12-10-8-6-4-2/h20-21,27,29,32-33,36-37H,3-19,22-26,28,30-31H2,1-2H3,(H,35,38)/b21-20+,29-27+. The van der Waals surface area contributed by atoms with E-state index in [0.29, 0.717) is 6.42 Å². The number of carbonyl (C=O) groups is 1. The first kappa shape index (κ1) is 36.9. The third-order valence-electron chi connectivity index (χ3n) is 7.44. The summed E-state index contributed by atoms with van der Waals surface area (Å²) in [5.41, 5.74) is 0. The number of nitrogens with one attached hydrogen (secondary N) is 1. The van der Waals surface area contributed by atoms with Crippen molar-refractivity contribution in [2.24, 2.45) is 0 Å². The summed E-state index contributed by atoms with van der Waals surface area (Å²) < 4.78 is 0. The molecule has 224 valence electrons. The lowest BCUT2D eigenvalue weighted by atomic mass is 10.0. The Hall–Kier alpha value is -1.13. The third kappa shape index (κ3) is 26.5. The number of rotatable bonds is 29. The van der Waals surface area contributed by atoms with Crippen LogP contribution < -0.4 is 5.32 Å². The van der Waals surface area contributed by atoms with Crippen LogP contribution in [0.15, 0.2) is 24.3 Å². The third-order valence-corrected chi connectivity index (χ3v) is 7.44. The van der Waals surface area contributed by atoms with Crippen molar-refractivity contribution in [1.29, 1.82) is 0 Å². The van der Waals surface area contributed by atoms with Crippen molar-refractivity contribution in [2.45, 2.75) is 180 Å². The van der Waals surface area contributed by atoms with Crippen LogP contribution in [-0.4, -0.2) is 34.9 Å². The summed E-state index contributed by atoms with van der Waals surface area (Å²) in [5.74, 6) is -0.0770. The molecule has 0 spiro atoms. The fourth-order valence-corrected chi connectivity index (χ4v) is 4.84. The van der Waals surface area contributed by atoms with Crippen molar-refractivity contribution >= 4 is 5.91 Å². The average molecular weight is 536 g/mol. The highest BCUT2D eigenvalue weighted by Gasteiger charge is 2.17. The molecule has 4 heteroatoms. The van der Waals surface area contributed by atoms with Crippen molar-refractivity contribution in [3.63, 3.8) is 0 Å². The molecular weight excluding hydrogens is 470 g/mol. The largest absolute Gasteiger partial charge is 0.394 e. The Bertz CT molecular complexity index is 546. The van der Waals surface area contributed by atoms with E-state index < -0.39 is 12.1 Å². The van der Waals surface area contributed by atoms with Crippen LogP contribution in [0.4, 0.5) is 0 Å². The summed E-state index contributed by atoms with van der Waals surface area (Å²) in [5, 5.41) is 22.8. The van der Waals surface area contributed by atoms with Gasteiger partial charge in [-0.2, -0.15) is 0 Å². The molecule has 2 atom stereocenters. The van der Waals surface area contributed by atoms with E-state index in [4.69, 9.17) is 0 Å². The minimum Gasteiger partial charge on any atom is -0.394 e. The molecule has 1 amide bonds. The van der Waals surface area contributed by atoms with Gasteiger partial charge < -0.3 is 15.5 Å². The number of hydrogen-bond donors (Lipinski definition) is 3. The van der Waals surface area contributed by atoms with Crippen LogP contribution in [0, 0.1) is 0 Å². The van der Waals surface area contributed by atoms with Crippen LogP contribution in [0.3, 0.4) is 0 Å². The zero-order valence-corrected chi connectivity index (χ0v) is 25.4. The van der Waals surface area contributed by atoms with Gasteiger partial charge in [0.05, 0.1) is 18.8 Å². The molecule has 0 heterocycles. The Balaban J connectivity index is 3.71. The molecule has 0 radical (unpaired) electrons. The Morgan fingerprint density at radius 1 is 0.605 bits per heavy atom. The van der Waals surface area contributed by atoms with E-state index in [2.05, 4.69) is 31.3 Å². The molecule has 38 heavy (non-hydrogen) atoms. The number of unbranched alkanes of at least 4 members (excludes halogenated alkanes) is 20. The first-order valence-electron chi connectivity index (χ1n) is 16.6. The normalized spacial score (nSPS) is 13.5. The Kier molecular flexibility index (Phi) is 29.5. The fourth-order valence-electron chi connectivity index (χ4n) is 4.84. The van der Waals surface area contributed by atoms with Gasteiger partial charge in [-0.1, -0.05) is 154 Å². The minimum absolute atomic E-state index is 0.0770. The summed E-state index contributed by atoms with van der Waals surface area (Å²) in [6.45, 7) is 4.26. The molecule has 2 unspecified atom stereocenters.